The van der Waals surface area contributed by atoms with Crippen LogP contribution < -0.4 is 5.73 Å². The molecule has 0 aromatic heterocycles. The molecule has 1 saturated carbocycles. The number of rotatable bonds is 8. The Morgan fingerprint density at radius 3 is 1.82 bits per heavy atom. The molecule has 0 heterocycles. The van der Waals surface area contributed by atoms with Gasteiger partial charge in [0.2, 0.25) is 5.91 Å². The molecule has 1 aliphatic carbocycles. The van der Waals surface area contributed by atoms with E-state index < -0.39 is 41.0 Å². The van der Waals surface area contributed by atoms with E-state index in [4.69, 9.17) is 15.2 Å². The second-order valence-electron chi connectivity index (χ2n) is 9.29. The van der Waals surface area contributed by atoms with Gasteiger partial charge in [-0.1, -0.05) is 0 Å². The van der Waals surface area contributed by atoms with Gasteiger partial charge in [-0.25, -0.2) is 0 Å². The van der Waals surface area contributed by atoms with Gasteiger partial charge in [0.25, 0.3) is 0 Å². The van der Waals surface area contributed by atoms with Gasteiger partial charge in [-0.05, 0) is 61.3 Å². The van der Waals surface area contributed by atoms with Gasteiger partial charge in [0.05, 0.1) is 0 Å². The fourth-order valence-corrected chi connectivity index (χ4v) is 2.59. The lowest BCUT2D eigenvalue weighted by atomic mass is 9.97. The molecular formula is C20H34N2O6. The van der Waals surface area contributed by atoms with Gasteiger partial charge < -0.3 is 20.1 Å². The van der Waals surface area contributed by atoms with Crippen molar-refractivity contribution >= 4 is 23.6 Å². The minimum absolute atomic E-state index is 0.0531. The van der Waals surface area contributed by atoms with Gasteiger partial charge in [0.1, 0.15) is 23.0 Å². The van der Waals surface area contributed by atoms with E-state index >= 15 is 0 Å². The molecule has 160 valence electrons. The summed E-state index contributed by atoms with van der Waals surface area (Å²) >= 11 is 0. The molecule has 2 N–H and O–H groups in total. The summed E-state index contributed by atoms with van der Waals surface area (Å²) in [7, 11) is 0. The Hall–Kier alpha value is -1.96. The number of esters is 2. The Morgan fingerprint density at radius 1 is 0.964 bits per heavy atom. The highest BCUT2D eigenvalue weighted by Gasteiger charge is 2.46. The molecule has 1 rings (SSSR count). The number of hydrogen-bond donors (Lipinski definition) is 1. The molecule has 2 atom stereocenters. The summed E-state index contributed by atoms with van der Waals surface area (Å²) in [5, 5.41) is 0. The summed E-state index contributed by atoms with van der Waals surface area (Å²) in [6, 6.07) is -1.55. The molecule has 0 spiro atoms. The monoisotopic (exact) mass is 398 g/mol. The quantitative estimate of drug-likeness (QED) is 0.487. The maximum absolute atomic E-state index is 13.2. The Morgan fingerprint density at radius 2 is 1.43 bits per heavy atom. The number of carbonyl (C=O) groups excluding carboxylic acids is 4. The van der Waals surface area contributed by atoms with Crippen molar-refractivity contribution in [3.8, 4) is 0 Å². The first-order chi connectivity index (χ1) is 12.6. The molecule has 1 amide bonds. The van der Waals surface area contributed by atoms with E-state index in [0.717, 1.165) is 12.8 Å². The average molecular weight is 399 g/mol. The van der Waals surface area contributed by atoms with Gasteiger partial charge in [-0.2, -0.15) is 0 Å². The molecule has 0 aliphatic heterocycles. The topological polar surface area (TPSA) is 116 Å². The number of ether oxygens (including phenoxy) is 2. The molecule has 0 bridgehead atoms. The van der Waals surface area contributed by atoms with Gasteiger partial charge in [-0.15, -0.1) is 0 Å². The Kier molecular flexibility index (Phi) is 7.76. The highest BCUT2D eigenvalue weighted by Crippen LogP contribution is 2.30. The lowest BCUT2D eigenvalue weighted by molar-refractivity contribution is -0.173. The number of Topliss-reactive ketones (excluding diaryl/α,β-unsaturated/α-hetero) is 1. The van der Waals surface area contributed by atoms with Crippen LogP contribution in [0.3, 0.4) is 0 Å². The first-order valence-electron chi connectivity index (χ1n) is 9.63. The zero-order valence-electron chi connectivity index (χ0n) is 18.0. The van der Waals surface area contributed by atoms with Crippen molar-refractivity contribution in [3.05, 3.63) is 0 Å². The minimum Gasteiger partial charge on any atom is -0.459 e. The van der Waals surface area contributed by atoms with Crippen molar-refractivity contribution in [2.24, 2.45) is 11.7 Å². The van der Waals surface area contributed by atoms with E-state index in [2.05, 4.69) is 0 Å². The standard InChI is InChI=1S/C20H34N2O6/c1-12(23)10-11-22(13-8-9-13)16(24)14(17(25)27-19(2,3)4)15(21)18(26)28-20(5,6)7/h13-15H,8-11,21H2,1-7H3. The first-order valence-corrected chi connectivity index (χ1v) is 9.63. The fourth-order valence-electron chi connectivity index (χ4n) is 2.59. The van der Waals surface area contributed by atoms with E-state index in [1.165, 1.54) is 11.8 Å². The number of ketones is 1. The molecule has 0 aromatic carbocycles. The van der Waals surface area contributed by atoms with Gasteiger partial charge in [0.15, 0.2) is 5.92 Å². The van der Waals surface area contributed by atoms with Gasteiger partial charge >= 0.3 is 11.9 Å². The Bertz CT molecular complexity index is 613. The van der Waals surface area contributed by atoms with Crippen LogP contribution in [-0.2, 0) is 28.7 Å². The second-order valence-corrected chi connectivity index (χ2v) is 9.29. The van der Waals surface area contributed by atoms with Gasteiger partial charge in [0, 0.05) is 19.0 Å². The molecule has 8 nitrogen and oxygen atoms in total. The fraction of sp³-hybridized carbons (Fsp3) is 0.800. The number of nitrogens with zero attached hydrogens (tertiary/aromatic N) is 1. The number of carbonyl (C=O) groups is 4. The normalized spacial score (nSPS) is 16.7. The van der Waals surface area contributed by atoms with Crippen LogP contribution in [0.4, 0.5) is 0 Å². The third-order valence-corrected chi connectivity index (χ3v) is 3.94. The van der Waals surface area contributed by atoms with Crippen LogP contribution in [0.25, 0.3) is 0 Å². The van der Waals surface area contributed by atoms with Crippen LogP contribution in [0.2, 0.25) is 0 Å². The first kappa shape index (κ1) is 24.1. The summed E-state index contributed by atoms with van der Waals surface area (Å²) in [5.41, 5.74) is 4.34. The molecule has 0 radical (unpaired) electrons. The zero-order chi connectivity index (χ0) is 21.9. The van der Waals surface area contributed by atoms with E-state index in [1.54, 1.807) is 41.5 Å². The Balaban J connectivity index is 3.13. The van der Waals surface area contributed by atoms with Crippen molar-refractivity contribution in [2.45, 2.75) is 91.0 Å². The summed E-state index contributed by atoms with van der Waals surface area (Å²) < 4.78 is 10.6. The van der Waals surface area contributed by atoms with E-state index in [1.807, 2.05) is 0 Å². The maximum Gasteiger partial charge on any atom is 0.324 e. The molecular weight excluding hydrogens is 364 g/mol. The third kappa shape index (κ3) is 7.96. The largest absolute Gasteiger partial charge is 0.459 e. The highest BCUT2D eigenvalue weighted by molar-refractivity contribution is 6.03. The number of amides is 1. The maximum atomic E-state index is 13.2. The van der Waals surface area contributed by atoms with E-state index in [9.17, 15) is 19.2 Å². The lowest BCUT2D eigenvalue weighted by Crippen LogP contribution is -2.54. The second kappa shape index (κ2) is 9.03. The van der Waals surface area contributed by atoms with Crippen LogP contribution in [-0.4, -0.2) is 58.4 Å². The van der Waals surface area contributed by atoms with Crippen LogP contribution in [0.15, 0.2) is 0 Å². The molecule has 2 unspecified atom stereocenters. The number of nitrogens with two attached hydrogens (primary N) is 1. The summed E-state index contributed by atoms with van der Waals surface area (Å²) in [5.74, 6) is -3.91. The van der Waals surface area contributed by atoms with Crippen molar-refractivity contribution in [1.29, 1.82) is 0 Å². The van der Waals surface area contributed by atoms with Crippen molar-refractivity contribution in [3.63, 3.8) is 0 Å². The molecule has 1 aliphatic rings. The smallest absolute Gasteiger partial charge is 0.324 e. The van der Waals surface area contributed by atoms with E-state index in [0.29, 0.717) is 0 Å². The minimum atomic E-state index is -1.53. The van der Waals surface area contributed by atoms with Crippen molar-refractivity contribution in [2.75, 3.05) is 6.54 Å². The molecule has 1 fully saturated rings. The molecule has 28 heavy (non-hydrogen) atoms. The number of hydrogen-bond acceptors (Lipinski definition) is 7. The highest BCUT2D eigenvalue weighted by atomic mass is 16.6. The molecule has 0 saturated heterocycles. The summed E-state index contributed by atoms with van der Waals surface area (Å²) in [4.78, 5) is 51.3. The summed E-state index contributed by atoms with van der Waals surface area (Å²) in [6.45, 7) is 11.6. The van der Waals surface area contributed by atoms with Crippen molar-refractivity contribution < 1.29 is 28.7 Å². The van der Waals surface area contributed by atoms with Gasteiger partial charge in [-0.3, -0.25) is 19.2 Å². The third-order valence-electron chi connectivity index (χ3n) is 3.94. The average Bonchev–Trinajstić information content (AvgIpc) is 3.28. The van der Waals surface area contributed by atoms with Crippen molar-refractivity contribution in [1.82, 2.24) is 4.90 Å². The van der Waals surface area contributed by atoms with Crippen LogP contribution in [0.1, 0.15) is 67.7 Å². The van der Waals surface area contributed by atoms with Crippen LogP contribution in [0.5, 0.6) is 0 Å². The molecule has 0 aromatic rings. The SMILES string of the molecule is CC(=O)CCN(C(=O)C(C(=O)OC(C)(C)C)C(N)C(=O)OC(C)(C)C)C1CC1. The predicted octanol–water partition coefficient (Wildman–Crippen LogP) is 1.58. The summed E-state index contributed by atoms with van der Waals surface area (Å²) in [6.07, 6.45) is 1.74. The predicted molar refractivity (Wildman–Crippen MR) is 103 cm³/mol. The lowest BCUT2D eigenvalue weighted by Gasteiger charge is -2.31. The molecule has 8 heteroatoms. The van der Waals surface area contributed by atoms with Crippen LogP contribution >= 0.6 is 0 Å². The Labute approximate surface area is 167 Å². The zero-order valence-corrected chi connectivity index (χ0v) is 18.0. The van der Waals surface area contributed by atoms with Crippen LogP contribution in [0, 0.1) is 5.92 Å². The van der Waals surface area contributed by atoms with E-state index in [-0.39, 0.29) is 24.8 Å².